The van der Waals surface area contributed by atoms with E-state index in [1.54, 1.807) is 60.7 Å². The van der Waals surface area contributed by atoms with Gasteiger partial charge in [-0.25, -0.2) is 8.42 Å². The number of para-hydroxylation sites is 2. The van der Waals surface area contributed by atoms with Gasteiger partial charge in [-0.1, -0.05) is 18.2 Å². The Morgan fingerprint density at radius 1 is 0.909 bits per heavy atom. The Balaban J connectivity index is 1.95. The fourth-order valence-corrected chi connectivity index (χ4v) is 4.60. The normalized spacial score (nSPS) is 10.9. The van der Waals surface area contributed by atoms with Crippen LogP contribution in [0.3, 0.4) is 0 Å². The molecule has 3 aromatic rings. The molecule has 174 valence electrons. The van der Waals surface area contributed by atoms with Crippen LogP contribution in [0, 0.1) is 0 Å². The molecule has 0 heterocycles. The first-order valence-corrected chi connectivity index (χ1v) is 11.7. The first-order chi connectivity index (χ1) is 15.9. The number of methoxy groups -OCH3 is 2. The summed E-state index contributed by atoms with van der Waals surface area (Å²) in [6, 6.07) is 19.5. The fraction of sp³-hybridized carbons (Fsp3) is 0.208. The van der Waals surface area contributed by atoms with Gasteiger partial charge in [0.15, 0.2) is 0 Å². The molecule has 8 nitrogen and oxygen atoms in total. The molecule has 0 radical (unpaired) electrons. The molecule has 0 aliphatic heterocycles. The Morgan fingerprint density at radius 2 is 1.64 bits per heavy atom. The van der Waals surface area contributed by atoms with Crippen LogP contribution in [-0.2, 0) is 14.8 Å². The van der Waals surface area contributed by atoms with E-state index in [0.717, 1.165) is 4.31 Å². The molecular weight excluding hydrogens is 444 g/mol. The summed E-state index contributed by atoms with van der Waals surface area (Å²) in [4.78, 5) is 12.9. The van der Waals surface area contributed by atoms with Gasteiger partial charge in [0.25, 0.3) is 10.0 Å². The second kappa shape index (κ2) is 10.7. The fourth-order valence-electron chi connectivity index (χ4n) is 3.17. The van der Waals surface area contributed by atoms with Crippen LogP contribution < -0.4 is 23.8 Å². The number of nitrogens with zero attached hydrogens (tertiary/aromatic N) is 1. The summed E-state index contributed by atoms with van der Waals surface area (Å²) in [7, 11) is -1.17. The predicted molar refractivity (Wildman–Crippen MR) is 127 cm³/mol. The number of hydrogen-bond acceptors (Lipinski definition) is 6. The molecule has 0 saturated carbocycles. The number of amides is 1. The van der Waals surface area contributed by atoms with E-state index in [4.69, 9.17) is 14.2 Å². The van der Waals surface area contributed by atoms with Crippen molar-refractivity contribution >= 4 is 27.3 Å². The summed E-state index contributed by atoms with van der Waals surface area (Å²) in [5, 5.41) is 2.73. The van der Waals surface area contributed by atoms with Gasteiger partial charge in [-0.15, -0.1) is 0 Å². The third kappa shape index (κ3) is 5.75. The zero-order valence-electron chi connectivity index (χ0n) is 18.6. The quantitative estimate of drug-likeness (QED) is 0.482. The molecule has 0 fully saturated rings. The molecule has 9 heteroatoms. The number of sulfonamides is 1. The molecule has 0 atom stereocenters. The molecule has 0 aliphatic carbocycles. The summed E-state index contributed by atoms with van der Waals surface area (Å²) in [5.41, 5.74) is 0.738. The lowest BCUT2D eigenvalue weighted by Gasteiger charge is -2.25. The highest BCUT2D eigenvalue weighted by Gasteiger charge is 2.29. The van der Waals surface area contributed by atoms with Crippen LogP contribution >= 0.6 is 0 Å². The smallest absolute Gasteiger partial charge is 0.264 e. The van der Waals surface area contributed by atoms with Gasteiger partial charge in [-0.3, -0.25) is 9.10 Å². The SMILES string of the molecule is CCOc1cccc(NC(=O)CN(c2ccccc2OC)S(=O)(=O)c2ccc(OC)cc2)c1. The molecule has 0 spiro atoms. The van der Waals surface area contributed by atoms with Crippen LogP contribution in [-0.4, -0.2) is 41.7 Å². The van der Waals surface area contributed by atoms with Crippen molar-refractivity contribution < 1.29 is 27.4 Å². The molecule has 33 heavy (non-hydrogen) atoms. The van der Waals surface area contributed by atoms with Crippen molar-refractivity contribution in [2.75, 3.05) is 37.0 Å². The number of ether oxygens (including phenoxy) is 3. The lowest BCUT2D eigenvalue weighted by molar-refractivity contribution is -0.114. The minimum atomic E-state index is -4.10. The van der Waals surface area contributed by atoms with Gasteiger partial charge in [-0.05, 0) is 55.5 Å². The van der Waals surface area contributed by atoms with E-state index in [2.05, 4.69) is 5.32 Å². The average molecular weight is 471 g/mol. The number of rotatable bonds is 10. The molecule has 1 amide bonds. The van der Waals surface area contributed by atoms with Crippen molar-refractivity contribution in [3.63, 3.8) is 0 Å². The van der Waals surface area contributed by atoms with Crippen LogP contribution in [0.4, 0.5) is 11.4 Å². The predicted octanol–water partition coefficient (Wildman–Crippen LogP) is 3.94. The Bertz CT molecular complexity index is 1200. The maximum Gasteiger partial charge on any atom is 0.264 e. The van der Waals surface area contributed by atoms with Gasteiger partial charge in [-0.2, -0.15) is 0 Å². The maximum atomic E-state index is 13.6. The summed E-state index contributed by atoms with van der Waals surface area (Å²) in [6.07, 6.45) is 0. The molecule has 0 bridgehead atoms. The van der Waals surface area contributed by atoms with Crippen LogP contribution in [0.1, 0.15) is 6.92 Å². The van der Waals surface area contributed by atoms with Crippen molar-refractivity contribution in [3.8, 4) is 17.2 Å². The summed E-state index contributed by atoms with van der Waals surface area (Å²) >= 11 is 0. The molecule has 0 aliphatic rings. The molecule has 0 saturated heterocycles. The highest BCUT2D eigenvalue weighted by atomic mass is 32.2. The van der Waals surface area contributed by atoms with Crippen molar-refractivity contribution in [1.82, 2.24) is 0 Å². The minimum Gasteiger partial charge on any atom is -0.497 e. The number of carbonyl (C=O) groups is 1. The second-order valence-corrected chi connectivity index (χ2v) is 8.73. The van der Waals surface area contributed by atoms with Gasteiger partial charge >= 0.3 is 0 Å². The molecule has 1 N–H and O–H groups in total. The van der Waals surface area contributed by atoms with E-state index in [-0.39, 0.29) is 10.6 Å². The summed E-state index contributed by atoms with van der Waals surface area (Å²) in [6.45, 7) is 1.88. The zero-order chi connectivity index (χ0) is 23.8. The molecule has 0 unspecified atom stereocenters. The number of benzene rings is 3. The summed E-state index contributed by atoms with van der Waals surface area (Å²) in [5.74, 6) is 0.917. The standard InChI is InChI=1S/C24H26N2O6S/c1-4-32-20-9-7-8-18(16-20)25-24(27)17-26(22-10-5-6-11-23(22)31-3)33(28,29)21-14-12-19(30-2)13-15-21/h5-16H,4,17H2,1-3H3,(H,25,27). The first kappa shape index (κ1) is 23.9. The Hall–Kier alpha value is -3.72. The van der Waals surface area contributed by atoms with Crippen LogP contribution in [0.25, 0.3) is 0 Å². The lowest BCUT2D eigenvalue weighted by Crippen LogP contribution is -2.38. The largest absolute Gasteiger partial charge is 0.497 e. The maximum absolute atomic E-state index is 13.6. The van der Waals surface area contributed by atoms with Crippen molar-refractivity contribution in [1.29, 1.82) is 0 Å². The van der Waals surface area contributed by atoms with Crippen LogP contribution in [0.15, 0.2) is 77.7 Å². The Labute approximate surface area is 193 Å². The lowest BCUT2D eigenvalue weighted by atomic mass is 10.3. The Morgan fingerprint density at radius 3 is 2.30 bits per heavy atom. The van der Waals surface area contributed by atoms with Gasteiger partial charge < -0.3 is 19.5 Å². The third-order valence-electron chi connectivity index (χ3n) is 4.72. The molecule has 3 rings (SSSR count). The van der Waals surface area contributed by atoms with Gasteiger partial charge in [0.05, 0.1) is 31.4 Å². The molecule has 3 aromatic carbocycles. The Kier molecular flexibility index (Phi) is 7.78. The zero-order valence-corrected chi connectivity index (χ0v) is 19.5. The van der Waals surface area contributed by atoms with E-state index in [0.29, 0.717) is 29.5 Å². The highest BCUT2D eigenvalue weighted by molar-refractivity contribution is 7.92. The van der Waals surface area contributed by atoms with Crippen molar-refractivity contribution in [2.45, 2.75) is 11.8 Å². The molecule has 0 aromatic heterocycles. The first-order valence-electron chi connectivity index (χ1n) is 10.2. The number of hydrogen-bond donors (Lipinski definition) is 1. The highest BCUT2D eigenvalue weighted by Crippen LogP contribution is 2.32. The second-order valence-electron chi connectivity index (χ2n) is 6.87. The average Bonchev–Trinajstić information content (AvgIpc) is 2.83. The van der Waals surface area contributed by atoms with Crippen molar-refractivity contribution in [3.05, 3.63) is 72.8 Å². The topological polar surface area (TPSA) is 94.2 Å². The monoisotopic (exact) mass is 470 g/mol. The van der Waals surface area contributed by atoms with Gasteiger partial charge in [0, 0.05) is 11.8 Å². The minimum absolute atomic E-state index is 0.0142. The van der Waals surface area contributed by atoms with Crippen LogP contribution in [0.2, 0.25) is 0 Å². The molecular formula is C24H26N2O6S. The van der Waals surface area contributed by atoms with Gasteiger partial charge in [0.2, 0.25) is 5.91 Å². The third-order valence-corrected chi connectivity index (χ3v) is 6.49. The van der Waals surface area contributed by atoms with Crippen LogP contribution in [0.5, 0.6) is 17.2 Å². The number of carbonyl (C=O) groups excluding carboxylic acids is 1. The van der Waals surface area contributed by atoms with E-state index >= 15 is 0 Å². The van der Waals surface area contributed by atoms with E-state index < -0.39 is 22.5 Å². The van der Waals surface area contributed by atoms with Crippen molar-refractivity contribution in [2.24, 2.45) is 0 Å². The van der Waals surface area contributed by atoms with E-state index in [1.807, 2.05) is 6.92 Å². The van der Waals surface area contributed by atoms with E-state index in [1.165, 1.54) is 26.4 Å². The number of anilines is 2. The summed E-state index contributed by atoms with van der Waals surface area (Å²) < 4.78 is 44.1. The van der Waals surface area contributed by atoms with Gasteiger partial charge in [0.1, 0.15) is 23.8 Å². The number of nitrogens with one attached hydrogen (secondary N) is 1. The van der Waals surface area contributed by atoms with E-state index in [9.17, 15) is 13.2 Å².